The summed E-state index contributed by atoms with van der Waals surface area (Å²) in [6, 6.07) is -0.0905. The van der Waals surface area contributed by atoms with Crippen LogP contribution in [0.25, 0.3) is 0 Å². The van der Waals surface area contributed by atoms with Crippen molar-refractivity contribution in [2.45, 2.75) is 25.2 Å². The van der Waals surface area contributed by atoms with Crippen molar-refractivity contribution in [3.8, 4) is 0 Å². The van der Waals surface area contributed by atoms with Gasteiger partial charge < -0.3 is 14.9 Å². The molecule has 0 saturated carbocycles. The van der Waals surface area contributed by atoms with Crippen LogP contribution in [0.1, 0.15) is 12.0 Å². The monoisotopic (exact) mass is 309 g/mol. The third kappa shape index (κ3) is 3.53. The van der Waals surface area contributed by atoms with E-state index in [1.54, 1.807) is 0 Å². The van der Waals surface area contributed by atoms with Crippen LogP contribution in [0.4, 0.5) is 10.3 Å². The molecule has 2 aliphatic heterocycles. The summed E-state index contributed by atoms with van der Waals surface area (Å²) in [6.45, 7) is 4.90. The summed E-state index contributed by atoms with van der Waals surface area (Å²) in [4.78, 5) is 15.4. The zero-order chi connectivity index (χ0) is 15.5. The molecule has 2 saturated heterocycles. The number of likely N-dealkylation sites (N-methyl/N-ethyl adjacent to an activating group) is 1. The van der Waals surface area contributed by atoms with Crippen molar-refractivity contribution < 1.29 is 9.50 Å². The van der Waals surface area contributed by atoms with Crippen LogP contribution in [-0.4, -0.2) is 83.5 Å². The van der Waals surface area contributed by atoms with Crippen LogP contribution in [0.3, 0.4) is 0 Å². The maximum Gasteiger partial charge on any atom is 0.225 e. The molecule has 2 fully saturated rings. The average molecular weight is 309 g/mol. The summed E-state index contributed by atoms with van der Waals surface area (Å²) < 4.78 is 13.5. The highest BCUT2D eigenvalue weighted by molar-refractivity contribution is 5.30. The van der Waals surface area contributed by atoms with E-state index in [0.29, 0.717) is 19.5 Å². The minimum absolute atomic E-state index is 0.000651. The van der Waals surface area contributed by atoms with E-state index in [1.165, 1.54) is 0 Å². The number of aromatic nitrogens is 2. The van der Waals surface area contributed by atoms with E-state index in [9.17, 15) is 9.50 Å². The van der Waals surface area contributed by atoms with Gasteiger partial charge in [-0.05, 0) is 13.5 Å². The second-order valence-electron chi connectivity index (χ2n) is 6.28. The van der Waals surface area contributed by atoms with Crippen molar-refractivity contribution in [1.29, 1.82) is 0 Å². The van der Waals surface area contributed by atoms with Crippen molar-refractivity contribution in [2.75, 3.05) is 51.3 Å². The molecule has 22 heavy (non-hydrogen) atoms. The Kier molecular flexibility index (Phi) is 4.85. The van der Waals surface area contributed by atoms with Gasteiger partial charge in [0.15, 0.2) is 0 Å². The Morgan fingerprint density at radius 1 is 1.23 bits per heavy atom. The summed E-state index contributed by atoms with van der Waals surface area (Å²) in [7, 11) is 2.12. The van der Waals surface area contributed by atoms with Gasteiger partial charge in [-0.2, -0.15) is 0 Å². The first-order chi connectivity index (χ1) is 10.7. The number of halogens is 1. The summed E-state index contributed by atoms with van der Waals surface area (Å²) in [6.07, 6.45) is 3.21. The molecule has 0 unspecified atom stereocenters. The molecule has 2 atom stereocenters. The first kappa shape index (κ1) is 15.6. The molecular formula is C15H24FN5O. The van der Waals surface area contributed by atoms with Crippen LogP contribution >= 0.6 is 0 Å². The van der Waals surface area contributed by atoms with Crippen molar-refractivity contribution in [3.63, 3.8) is 0 Å². The third-order valence-electron chi connectivity index (χ3n) is 4.55. The molecule has 122 valence electrons. The van der Waals surface area contributed by atoms with Crippen LogP contribution in [0.5, 0.6) is 0 Å². The summed E-state index contributed by atoms with van der Waals surface area (Å²) in [5, 5.41) is 9.32. The lowest BCUT2D eigenvalue weighted by atomic mass is 10.2. The van der Waals surface area contributed by atoms with Gasteiger partial charge in [0.2, 0.25) is 5.95 Å². The fourth-order valence-corrected chi connectivity index (χ4v) is 3.14. The predicted molar refractivity (Wildman–Crippen MR) is 82.5 cm³/mol. The van der Waals surface area contributed by atoms with E-state index < -0.39 is 6.17 Å². The van der Waals surface area contributed by atoms with Gasteiger partial charge in [0.05, 0.1) is 6.61 Å². The zero-order valence-electron chi connectivity index (χ0n) is 13.0. The number of alkyl halides is 1. The molecule has 0 radical (unpaired) electrons. The number of piperazine rings is 1. The van der Waals surface area contributed by atoms with Gasteiger partial charge in [-0.15, -0.1) is 0 Å². The molecule has 0 aromatic carbocycles. The Morgan fingerprint density at radius 3 is 2.55 bits per heavy atom. The number of aliphatic hydroxyl groups excluding tert-OH is 1. The molecule has 2 aliphatic rings. The minimum atomic E-state index is -0.845. The summed E-state index contributed by atoms with van der Waals surface area (Å²) >= 11 is 0. The molecule has 1 aromatic heterocycles. The molecule has 1 aromatic rings. The number of likely N-dealkylation sites (tertiary alicyclic amines) is 1. The van der Waals surface area contributed by atoms with Crippen molar-refractivity contribution in [3.05, 3.63) is 18.0 Å². The number of rotatable bonds is 4. The van der Waals surface area contributed by atoms with Gasteiger partial charge in [0, 0.05) is 63.3 Å². The predicted octanol–water partition coefficient (Wildman–Crippen LogP) is 0.133. The van der Waals surface area contributed by atoms with E-state index in [1.807, 2.05) is 17.3 Å². The number of anilines is 1. The molecule has 0 spiro atoms. The lowest BCUT2D eigenvalue weighted by Crippen LogP contribution is -2.45. The fraction of sp³-hybridized carbons (Fsp3) is 0.733. The van der Waals surface area contributed by atoms with Crippen molar-refractivity contribution in [1.82, 2.24) is 19.8 Å². The van der Waals surface area contributed by atoms with E-state index in [-0.39, 0.29) is 12.6 Å². The second-order valence-corrected chi connectivity index (χ2v) is 6.28. The van der Waals surface area contributed by atoms with Gasteiger partial charge in [-0.3, -0.25) is 4.90 Å². The third-order valence-corrected chi connectivity index (χ3v) is 4.55. The number of hydrogen-bond donors (Lipinski definition) is 1. The van der Waals surface area contributed by atoms with Gasteiger partial charge >= 0.3 is 0 Å². The standard InChI is InChI=1S/C15H24FN5O/c1-19-2-4-20(5-3-19)15-17-7-12(8-18-15)9-21-10-13(16)6-14(21)11-22/h7-8,13-14,22H,2-6,9-11H2,1H3/t13-,14-/m0/s1. The topological polar surface area (TPSA) is 55.7 Å². The lowest BCUT2D eigenvalue weighted by molar-refractivity contribution is 0.153. The lowest BCUT2D eigenvalue weighted by Gasteiger charge is -2.32. The Hall–Kier alpha value is -1.31. The summed E-state index contributed by atoms with van der Waals surface area (Å²) in [5.41, 5.74) is 0.963. The zero-order valence-corrected chi connectivity index (χ0v) is 13.0. The van der Waals surface area contributed by atoms with Crippen LogP contribution in [0, 0.1) is 0 Å². The Labute approximate surface area is 130 Å². The SMILES string of the molecule is CN1CCN(c2ncc(CN3C[C@@H](F)C[C@H]3CO)cn2)CC1. The van der Waals surface area contributed by atoms with Gasteiger partial charge in [0.25, 0.3) is 0 Å². The first-order valence-corrected chi connectivity index (χ1v) is 7.89. The highest BCUT2D eigenvalue weighted by Gasteiger charge is 2.31. The van der Waals surface area contributed by atoms with Crippen LogP contribution < -0.4 is 4.90 Å². The highest BCUT2D eigenvalue weighted by atomic mass is 19.1. The van der Waals surface area contributed by atoms with E-state index in [4.69, 9.17) is 0 Å². The molecule has 0 amide bonds. The summed E-state index contributed by atoms with van der Waals surface area (Å²) in [5.74, 6) is 0.764. The van der Waals surface area contributed by atoms with E-state index >= 15 is 0 Å². The molecule has 6 nitrogen and oxygen atoms in total. The molecule has 3 heterocycles. The minimum Gasteiger partial charge on any atom is -0.395 e. The van der Waals surface area contributed by atoms with Gasteiger partial charge in [-0.25, -0.2) is 14.4 Å². The fourth-order valence-electron chi connectivity index (χ4n) is 3.14. The molecule has 1 N–H and O–H groups in total. The number of aliphatic hydroxyl groups is 1. The average Bonchev–Trinajstić information content (AvgIpc) is 2.89. The molecule has 3 rings (SSSR count). The Bertz CT molecular complexity index is 477. The normalized spacial score (nSPS) is 27.5. The second kappa shape index (κ2) is 6.85. The van der Waals surface area contributed by atoms with Crippen LogP contribution in [-0.2, 0) is 6.54 Å². The quantitative estimate of drug-likeness (QED) is 0.853. The van der Waals surface area contributed by atoms with Gasteiger partial charge in [-0.1, -0.05) is 0 Å². The maximum absolute atomic E-state index is 13.5. The highest BCUT2D eigenvalue weighted by Crippen LogP contribution is 2.22. The molecule has 0 bridgehead atoms. The molecule has 0 aliphatic carbocycles. The van der Waals surface area contributed by atoms with E-state index in [2.05, 4.69) is 26.8 Å². The Balaban J connectivity index is 1.59. The maximum atomic E-state index is 13.5. The number of hydrogen-bond acceptors (Lipinski definition) is 6. The molecular weight excluding hydrogens is 285 g/mol. The Morgan fingerprint density at radius 2 is 1.91 bits per heavy atom. The van der Waals surface area contributed by atoms with Crippen LogP contribution in [0.2, 0.25) is 0 Å². The van der Waals surface area contributed by atoms with Crippen molar-refractivity contribution in [2.24, 2.45) is 0 Å². The first-order valence-electron chi connectivity index (χ1n) is 7.89. The van der Waals surface area contributed by atoms with Crippen LogP contribution in [0.15, 0.2) is 12.4 Å². The largest absolute Gasteiger partial charge is 0.395 e. The van der Waals surface area contributed by atoms with Gasteiger partial charge in [0.1, 0.15) is 6.17 Å². The number of nitrogens with zero attached hydrogens (tertiary/aromatic N) is 5. The molecule has 7 heteroatoms. The smallest absolute Gasteiger partial charge is 0.225 e. The van der Waals surface area contributed by atoms with E-state index in [0.717, 1.165) is 37.7 Å². The van der Waals surface area contributed by atoms with Crippen molar-refractivity contribution >= 4 is 5.95 Å².